The van der Waals surface area contributed by atoms with E-state index in [0.29, 0.717) is 0 Å². The van der Waals surface area contributed by atoms with Crippen molar-refractivity contribution < 1.29 is 13.4 Å². The van der Waals surface area contributed by atoms with Gasteiger partial charge in [-0.05, 0) is 183 Å². The van der Waals surface area contributed by atoms with Crippen LogP contribution in [-0.2, 0) is 0 Å². The molecule has 0 atom stereocenters. The molecular weight excluding hydrogens is 1760 g/mol. The number of oxazole rings is 1. The van der Waals surface area contributed by atoms with E-state index in [9.17, 15) is 0 Å². The second-order valence-electron chi connectivity index (χ2n) is 22.4. The van der Waals surface area contributed by atoms with E-state index in [1.165, 1.54) is 86.2 Å². The fourth-order valence-electron chi connectivity index (χ4n) is 7.95. The lowest BCUT2D eigenvalue weighted by Crippen LogP contribution is -1.78. The Hall–Kier alpha value is -17.2. The predicted octanol–water partition coefficient (Wildman–Crippen LogP) is 22.4. The summed E-state index contributed by atoms with van der Waals surface area (Å²) in [7, 11) is 0. The Morgan fingerprint density at radius 3 is 1.21 bits per heavy atom. The van der Waals surface area contributed by atoms with Gasteiger partial charge in [0.1, 0.15) is 37.8 Å². The second-order valence-corrected chi connectivity index (χ2v) is 27.5. The third-order valence-corrected chi connectivity index (χ3v) is 17.8. The second kappa shape index (κ2) is 78.8. The van der Waals surface area contributed by atoms with Crippen molar-refractivity contribution in [2.75, 3.05) is 0 Å². The highest BCUT2D eigenvalue weighted by Crippen LogP contribution is 2.25. The monoisotopic (exact) mass is 1850 g/mol. The van der Waals surface area contributed by atoms with Gasteiger partial charge in [0.05, 0.1) is 77.5 Å². The van der Waals surface area contributed by atoms with Gasteiger partial charge in [0.25, 0.3) is 0 Å². The molecule has 0 bridgehead atoms. The third kappa shape index (κ3) is 58.6. The highest BCUT2D eigenvalue weighted by Gasteiger charge is 1.93. The molecule has 32 nitrogen and oxygen atoms in total. The molecule has 0 amide bonds. The first-order valence-corrected chi connectivity index (χ1v) is 43.8. The number of hydrogen-bond donors (Lipinski definition) is 6. The highest BCUT2D eigenvalue weighted by molar-refractivity contribution is 7.25. The van der Waals surface area contributed by atoms with Crippen molar-refractivity contribution in [3.63, 3.8) is 0 Å². The van der Waals surface area contributed by atoms with Gasteiger partial charge in [0.2, 0.25) is 0 Å². The number of thiophene rings is 4. The molecule has 0 fully saturated rings. The number of H-pyrrole nitrogens is 6. The molecule has 22 aromatic heterocycles. The zero-order valence-electron chi connectivity index (χ0n) is 69.9. The first kappa shape index (κ1) is 103. The van der Waals surface area contributed by atoms with E-state index in [1.807, 2.05) is 180 Å². The fourth-order valence-corrected chi connectivity index (χ4v) is 11.7. The van der Waals surface area contributed by atoms with Gasteiger partial charge in [-0.15, -0.1) is 45.3 Å². The maximum atomic E-state index is 4.58. The number of hydrogen-bond acceptors (Lipinski definition) is 32. The van der Waals surface area contributed by atoms with Crippen LogP contribution in [0.2, 0.25) is 0 Å². The van der Waals surface area contributed by atoms with E-state index >= 15 is 0 Å². The number of para-hydroxylation sites is 5. The number of aromatic amines is 6. The lowest BCUT2D eigenvalue weighted by molar-refractivity contribution is 0.420. The van der Waals surface area contributed by atoms with Crippen LogP contribution in [-0.4, -0.2) is 145 Å². The highest BCUT2D eigenvalue weighted by atomic mass is 32.1. The largest absolute Gasteiger partial charge is 0.473 e. The average Bonchev–Trinajstić information content (AvgIpc) is 1.08. The number of imidazole rings is 2. The van der Waals surface area contributed by atoms with Gasteiger partial charge in [-0.1, -0.05) is 84.0 Å². The molecule has 0 saturated heterocycles. The number of aromatic nitrogens is 29. The number of fused-ring (bicyclic) bond motifs is 5. The van der Waals surface area contributed by atoms with Crippen LogP contribution in [0, 0.1) is 0 Å². The van der Waals surface area contributed by atoms with Crippen LogP contribution >= 0.6 is 68.2 Å². The molecule has 0 aliphatic rings. The summed E-state index contributed by atoms with van der Waals surface area (Å²) in [5.74, 6) is 0. The normalized spacial score (nSPS) is 8.76. The van der Waals surface area contributed by atoms with Crippen molar-refractivity contribution in [3.05, 3.63) is 505 Å². The maximum absolute atomic E-state index is 4.58. The molecule has 38 heteroatoms. The number of benzene rings is 4. The zero-order valence-corrected chi connectivity index (χ0v) is 74.8. The molecule has 22 heterocycles. The Labute approximate surface area is 778 Å². The topological polar surface area (TPSA) is 431 Å². The molecule has 0 radical (unpaired) electrons. The predicted molar refractivity (Wildman–Crippen MR) is 522 cm³/mol. The summed E-state index contributed by atoms with van der Waals surface area (Å²) in [6.07, 6.45) is 65.9. The summed E-state index contributed by atoms with van der Waals surface area (Å²) < 4.78 is 21.3. The molecule has 0 unspecified atom stereocenters. The maximum Gasteiger partial charge on any atom is 0.180 e. The van der Waals surface area contributed by atoms with Gasteiger partial charge in [-0.3, -0.25) is 45.0 Å². The van der Waals surface area contributed by atoms with E-state index < -0.39 is 0 Å². The Morgan fingerprint density at radius 2 is 0.863 bits per heavy atom. The van der Waals surface area contributed by atoms with Crippen LogP contribution in [0.1, 0.15) is 0 Å². The summed E-state index contributed by atoms with van der Waals surface area (Å²) in [5, 5.41) is 42.9. The Balaban J connectivity index is 0.000000213. The van der Waals surface area contributed by atoms with E-state index in [4.69, 9.17) is 0 Å². The van der Waals surface area contributed by atoms with Crippen molar-refractivity contribution in [3.8, 4) is 0 Å². The number of nitrogens with one attached hydrogen (secondary N) is 6. The molecular formula is C93H89N29O3S6. The van der Waals surface area contributed by atoms with Gasteiger partial charge < -0.3 is 33.3 Å². The molecule has 660 valence electrons. The lowest BCUT2D eigenvalue weighted by atomic mass is 10.3. The van der Waals surface area contributed by atoms with E-state index in [0.717, 1.165) is 22.1 Å². The lowest BCUT2D eigenvalue weighted by Gasteiger charge is -1.90. The fraction of sp³-hybridized carbons (Fsp3) is 0. The molecule has 131 heavy (non-hydrogen) atoms. The van der Waals surface area contributed by atoms with Gasteiger partial charge >= 0.3 is 0 Å². The zero-order chi connectivity index (χ0) is 91.3. The van der Waals surface area contributed by atoms with Crippen molar-refractivity contribution in [2.45, 2.75) is 0 Å². The van der Waals surface area contributed by atoms with Crippen LogP contribution in [0.3, 0.4) is 0 Å². The van der Waals surface area contributed by atoms with Gasteiger partial charge in [-0.25, -0.2) is 44.2 Å². The molecule has 0 spiro atoms. The standard InChI is InChI=1S/C8H6N2.C8H7N.C8H6S.C7H6N2.C6H4S2.C5H5N.4C4H4N2.C4H5N.C4H4O.C4H4S.C3H3N3.2C3H4N2.2C3H3NO.2C3H3NS.C2H3N3/c1-2-4-8-7(3-1)9-5-6-10-8;2*1-2-4-8-7(3-1)5-6-9-8;1-2-4-7-6(3-1)8-5-9-7;1-3-7-6-2-4-8-5(1)6;1-2-4-6-5-3-1;2*1-2-6-4-3-5-1;1-2-5-4-6-3-1;1-2-4-6-5-3-1;3*1-2-4-5-3-1;1-4-2-6-3-5-1;1-2-5-3-4-1;1-2-4-5-3-1;1-2-5-3-4-1;1-2-4-5-3-1;1-2-5-3-4-1;2*1-2-4-5-3-1/h1-6H;1-6,9H;1-6H;1-5H,(H,8,9);1-4H;1-5H;4*1-4H;1-5H;2*1-4H;1-3H;2*1-3H,(H,4,5);4*1-3H;1-2H,(H,3,4,5). The molecule has 6 N–H and O–H groups in total. The third-order valence-electron chi connectivity index (χ3n) is 13.4. The van der Waals surface area contributed by atoms with Crippen LogP contribution in [0.25, 0.3) is 52.5 Å². The number of pyridine rings is 1. The molecule has 26 aromatic rings. The van der Waals surface area contributed by atoms with Crippen molar-refractivity contribution in [1.29, 1.82) is 0 Å². The van der Waals surface area contributed by atoms with Crippen LogP contribution in [0.15, 0.2) is 518 Å². The number of thiazole rings is 1. The van der Waals surface area contributed by atoms with Crippen molar-refractivity contribution in [1.82, 2.24) is 145 Å². The quantitative estimate of drug-likeness (QED) is 0.0821. The minimum absolute atomic E-state index is 0.949. The van der Waals surface area contributed by atoms with E-state index in [-0.39, 0.29) is 0 Å². The number of nitrogens with zero attached hydrogens (tertiary/aromatic N) is 23. The first-order chi connectivity index (χ1) is 65.3. The van der Waals surface area contributed by atoms with Crippen LogP contribution < -0.4 is 0 Å². The van der Waals surface area contributed by atoms with E-state index in [1.54, 1.807) is 261 Å². The number of rotatable bonds is 0. The van der Waals surface area contributed by atoms with E-state index in [2.05, 4.69) is 235 Å². The molecule has 0 saturated carbocycles. The summed E-state index contributed by atoms with van der Waals surface area (Å²) in [6.45, 7) is 0. The van der Waals surface area contributed by atoms with Gasteiger partial charge in [0, 0.05) is 185 Å². The van der Waals surface area contributed by atoms with Crippen LogP contribution in [0.5, 0.6) is 0 Å². The SMILES string of the molecule is c1c[nH]cn1.c1cc2sccc2s1.c1cc[nH]c1.c1ccc2[nH]ccc2c1.c1ccc2[nH]cnc2c1.c1ccc2nccnc2c1.c1ccc2sccc2c1.c1ccncc1.c1ccnnc1.c1ccoc1.c1ccsc1.c1cn[nH]c1.c1cn[nH]n1.c1cnccn1.c1cnccn1.c1cncnc1.c1cnoc1.c1cnsc1.c1cocn1.c1cscn1.c1ncncn1. The molecule has 0 aliphatic heterocycles. The molecule has 26 rings (SSSR count). The summed E-state index contributed by atoms with van der Waals surface area (Å²) in [6, 6.07) is 69.1. The van der Waals surface area contributed by atoms with Gasteiger partial charge in [0.15, 0.2) is 6.39 Å². The van der Waals surface area contributed by atoms with Gasteiger partial charge in [-0.2, -0.15) is 42.0 Å². The smallest absolute Gasteiger partial charge is 0.180 e. The minimum atomic E-state index is 0.949. The first-order valence-electron chi connectivity index (χ1n) is 38.4. The minimum Gasteiger partial charge on any atom is -0.473 e. The Kier molecular flexibility index (Phi) is 61.7. The summed E-state index contributed by atoms with van der Waals surface area (Å²) in [5.41, 5.74) is 7.02. The summed E-state index contributed by atoms with van der Waals surface area (Å²) in [4.78, 5) is 71.7. The average molecular weight is 1850 g/mol. The van der Waals surface area contributed by atoms with Crippen molar-refractivity contribution in [2.24, 2.45) is 0 Å². The number of furan rings is 1. The molecule has 4 aromatic carbocycles. The van der Waals surface area contributed by atoms with Crippen molar-refractivity contribution >= 4 is 121 Å². The summed E-state index contributed by atoms with van der Waals surface area (Å²) >= 11 is 10.2. The molecule has 0 aliphatic carbocycles. The van der Waals surface area contributed by atoms with Crippen LogP contribution in [0.4, 0.5) is 0 Å². The Bertz CT molecular complexity index is 4960. The Morgan fingerprint density at radius 1 is 0.267 bits per heavy atom.